The Morgan fingerprint density at radius 2 is 1.67 bits per heavy atom. The van der Waals surface area contributed by atoms with Gasteiger partial charge >= 0.3 is 0 Å². The third-order valence-corrected chi connectivity index (χ3v) is 1.81. The van der Waals surface area contributed by atoms with Crippen LogP contribution in [0.25, 0.3) is 0 Å². The molecule has 0 N–H and O–H groups in total. The number of rotatable bonds is 3. The summed E-state index contributed by atoms with van der Waals surface area (Å²) >= 11 is 1.45. The Kier molecular flexibility index (Phi) is 3.16. The SMILES string of the molecule is COc1cc(OC)nc(SC)n1. The Hall–Kier alpha value is -0.970. The van der Waals surface area contributed by atoms with Crippen LogP contribution in [0.1, 0.15) is 0 Å². The van der Waals surface area contributed by atoms with E-state index in [0.29, 0.717) is 16.9 Å². The van der Waals surface area contributed by atoms with Gasteiger partial charge in [-0.3, -0.25) is 0 Å². The molecule has 66 valence electrons. The molecule has 12 heavy (non-hydrogen) atoms. The lowest BCUT2D eigenvalue weighted by molar-refractivity contribution is 0.364. The highest BCUT2D eigenvalue weighted by molar-refractivity contribution is 7.98. The minimum Gasteiger partial charge on any atom is -0.481 e. The Labute approximate surface area is 75.3 Å². The van der Waals surface area contributed by atoms with E-state index in [1.807, 2.05) is 6.26 Å². The van der Waals surface area contributed by atoms with Gasteiger partial charge in [-0.2, -0.15) is 9.97 Å². The molecule has 0 saturated carbocycles. The standard InChI is InChI=1S/C7H10N2O2S/c1-10-5-4-6(11-2)9-7(8-5)12-3/h4H,1-3H3. The summed E-state index contributed by atoms with van der Waals surface area (Å²) in [7, 11) is 3.12. The first kappa shape index (κ1) is 9.12. The second-order valence-electron chi connectivity index (χ2n) is 1.94. The van der Waals surface area contributed by atoms with E-state index in [1.54, 1.807) is 20.3 Å². The van der Waals surface area contributed by atoms with Crippen LogP contribution in [0, 0.1) is 0 Å². The number of hydrogen-bond acceptors (Lipinski definition) is 5. The maximum absolute atomic E-state index is 4.95. The third-order valence-electron chi connectivity index (χ3n) is 1.26. The summed E-state index contributed by atoms with van der Waals surface area (Å²) in [6, 6.07) is 1.64. The maximum Gasteiger partial charge on any atom is 0.220 e. The van der Waals surface area contributed by atoms with Gasteiger partial charge in [-0.15, -0.1) is 0 Å². The second kappa shape index (κ2) is 4.15. The van der Waals surface area contributed by atoms with Crippen LogP contribution in [0.3, 0.4) is 0 Å². The van der Waals surface area contributed by atoms with Gasteiger partial charge < -0.3 is 9.47 Å². The highest BCUT2D eigenvalue weighted by atomic mass is 32.2. The van der Waals surface area contributed by atoms with Gasteiger partial charge in [0.25, 0.3) is 0 Å². The van der Waals surface area contributed by atoms with E-state index >= 15 is 0 Å². The summed E-state index contributed by atoms with van der Waals surface area (Å²) in [4.78, 5) is 8.14. The normalized spacial score (nSPS) is 9.58. The molecule has 1 aromatic heterocycles. The molecule has 4 nitrogen and oxygen atoms in total. The Morgan fingerprint density at radius 3 is 2.00 bits per heavy atom. The van der Waals surface area contributed by atoms with Crippen molar-refractivity contribution in [3.05, 3.63) is 6.07 Å². The number of ether oxygens (including phenoxy) is 2. The summed E-state index contributed by atoms with van der Waals surface area (Å²) in [6.07, 6.45) is 1.90. The Morgan fingerprint density at radius 1 is 1.17 bits per heavy atom. The maximum atomic E-state index is 4.95. The zero-order chi connectivity index (χ0) is 8.97. The molecule has 0 unspecified atom stereocenters. The Balaban J connectivity index is 3.01. The average Bonchev–Trinajstić information content (AvgIpc) is 2.16. The van der Waals surface area contributed by atoms with Crippen LogP contribution in [-0.4, -0.2) is 30.4 Å². The van der Waals surface area contributed by atoms with Gasteiger partial charge in [-0.1, -0.05) is 11.8 Å². The lowest BCUT2D eigenvalue weighted by Gasteiger charge is -2.03. The number of nitrogens with zero attached hydrogens (tertiary/aromatic N) is 2. The van der Waals surface area contributed by atoms with Crippen LogP contribution in [0.15, 0.2) is 11.2 Å². The van der Waals surface area contributed by atoms with Gasteiger partial charge in [-0.25, -0.2) is 0 Å². The fraction of sp³-hybridized carbons (Fsp3) is 0.429. The molecule has 1 rings (SSSR count). The van der Waals surface area contributed by atoms with Crippen LogP contribution in [0.4, 0.5) is 0 Å². The molecular formula is C7H10N2O2S. The van der Waals surface area contributed by atoms with Gasteiger partial charge in [0.2, 0.25) is 11.8 Å². The first-order chi connectivity index (χ1) is 5.80. The zero-order valence-corrected chi connectivity index (χ0v) is 8.01. The molecule has 0 saturated heterocycles. The molecule has 0 radical (unpaired) electrons. The Bertz CT molecular complexity index is 212. The van der Waals surface area contributed by atoms with Crippen molar-refractivity contribution in [3.63, 3.8) is 0 Å². The first-order valence-corrected chi connectivity index (χ1v) is 4.53. The van der Waals surface area contributed by atoms with Crippen LogP contribution in [0.2, 0.25) is 0 Å². The van der Waals surface area contributed by atoms with E-state index in [9.17, 15) is 0 Å². The van der Waals surface area contributed by atoms with Crippen LogP contribution in [-0.2, 0) is 0 Å². The van der Waals surface area contributed by atoms with Crippen molar-refractivity contribution in [3.8, 4) is 11.8 Å². The monoisotopic (exact) mass is 186 g/mol. The van der Waals surface area contributed by atoms with Crippen molar-refractivity contribution in [2.45, 2.75) is 5.16 Å². The first-order valence-electron chi connectivity index (χ1n) is 3.31. The van der Waals surface area contributed by atoms with Gasteiger partial charge in [-0.05, 0) is 6.26 Å². The molecule has 1 aromatic rings. The van der Waals surface area contributed by atoms with E-state index in [2.05, 4.69) is 9.97 Å². The van der Waals surface area contributed by atoms with E-state index in [1.165, 1.54) is 11.8 Å². The van der Waals surface area contributed by atoms with Crippen molar-refractivity contribution >= 4 is 11.8 Å². The van der Waals surface area contributed by atoms with Crippen molar-refractivity contribution < 1.29 is 9.47 Å². The van der Waals surface area contributed by atoms with E-state index in [-0.39, 0.29) is 0 Å². The van der Waals surface area contributed by atoms with E-state index in [4.69, 9.17) is 9.47 Å². The summed E-state index contributed by atoms with van der Waals surface area (Å²) < 4.78 is 9.91. The van der Waals surface area contributed by atoms with Gasteiger partial charge in [0, 0.05) is 0 Å². The van der Waals surface area contributed by atoms with Crippen LogP contribution in [0.5, 0.6) is 11.8 Å². The van der Waals surface area contributed by atoms with Crippen molar-refractivity contribution in [2.75, 3.05) is 20.5 Å². The van der Waals surface area contributed by atoms with Crippen LogP contribution >= 0.6 is 11.8 Å². The quantitative estimate of drug-likeness (QED) is 0.524. The molecule has 0 fully saturated rings. The number of hydrogen-bond donors (Lipinski definition) is 0. The van der Waals surface area contributed by atoms with E-state index in [0.717, 1.165) is 0 Å². The number of thioether (sulfide) groups is 1. The number of aromatic nitrogens is 2. The lowest BCUT2D eigenvalue weighted by atomic mass is 10.6. The van der Waals surface area contributed by atoms with Crippen LogP contribution < -0.4 is 9.47 Å². The fourth-order valence-electron chi connectivity index (χ4n) is 0.684. The molecule has 0 aliphatic carbocycles. The molecule has 1 heterocycles. The third kappa shape index (κ3) is 2.01. The molecule has 0 aliphatic heterocycles. The van der Waals surface area contributed by atoms with Crippen molar-refractivity contribution in [2.24, 2.45) is 0 Å². The summed E-state index contributed by atoms with van der Waals surface area (Å²) in [5.74, 6) is 1.04. The highest BCUT2D eigenvalue weighted by Gasteiger charge is 2.02. The predicted molar refractivity (Wildman–Crippen MR) is 46.9 cm³/mol. The summed E-state index contributed by atoms with van der Waals surface area (Å²) in [6.45, 7) is 0. The molecule has 0 amide bonds. The fourth-order valence-corrected chi connectivity index (χ4v) is 1.05. The van der Waals surface area contributed by atoms with Crippen molar-refractivity contribution in [1.29, 1.82) is 0 Å². The summed E-state index contributed by atoms with van der Waals surface area (Å²) in [5.41, 5.74) is 0. The zero-order valence-electron chi connectivity index (χ0n) is 7.20. The molecule has 0 aromatic carbocycles. The topological polar surface area (TPSA) is 44.2 Å². The summed E-state index contributed by atoms with van der Waals surface area (Å²) in [5, 5.41) is 0.645. The lowest BCUT2D eigenvalue weighted by Crippen LogP contribution is -1.95. The highest BCUT2D eigenvalue weighted by Crippen LogP contribution is 2.19. The molecule has 0 atom stereocenters. The number of methoxy groups -OCH3 is 2. The van der Waals surface area contributed by atoms with Crippen molar-refractivity contribution in [1.82, 2.24) is 9.97 Å². The predicted octanol–water partition coefficient (Wildman–Crippen LogP) is 1.22. The minimum absolute atomic E-state index is 0.520. The van der Waals surface area contributed by atoms with Gasteiger partial charge in [0.15, 0.2) is 5.16 Å². The molecular weight excluding hydrogens is 176 g/mol. The molecule has 5 heteroatoms. The van der Waals surface area contributed by atoms with Gasteiger partial charge in [0.05, 0.1) is 20.3 Å². The minimum atomic E-state index is 0.520. The average molecular weight is 186 g/mol. The largest absolute Gasteiger partial charge is 0.481 e. The molecule has 0 aliphatic rings. The smallest absolute Gasteiger partial charge is 0.220 e. The second-order valence-corrected chi connectivity index (χ2v) is 2.71. The van der Waals surface area contributed by atoms with E-state index < -0.39 is 0 Å². The molecule has 0 bridgehead atoms. The molecule has 0 spiro atoms. The van der Waals surface area contributed by atoms with Gasteiger partial charge in [0.1, 0.15) is 0 Å².